The summed E-state index contributed by atoms with van der Waals surface area (Å²) >= 11 is 0. The zero-order valence-corrected chi connectivity index (χ0v) is 10.3. The van der Waals surface area contributed by atoms with Crippen molar-refractivity contribution >= 4 is 5.91 Å². The molecule has 0 saturated heterocycles. The first-order valence-electron chi connectivity index (χ1n) is 7.00. The van der Waals surface area contributed by atoms with Crippen LogP contribution in [0.2, 0.25) is 0 Å². The van der Waals surface area contributed by atoms with Crippen LogP contribution in [0.1, 0.15) is 58.3 Å². The van der Waals surface area contributed by atoms with E-state index in [-0.39, 0.29) is 5.54 Å². The Hall–Kier alpha value is -0.530. The predicted molar refractivity (Wildman–Crippen MR) is 64.0 cm³/mol. The molecular formula is C14H23NO. The van der Waals surface area contributed by atoms with Crippen molar-refractivity contribution in [2.45, 2.75) is 63.8 Å². The lowest BCUT2D eigenvalue weighted by molar-refractivity contribution is -0.126. The average molecular weight is 221 g/mol. The molecular weight excluding hydrogens is 198 g/mol. The van der Waals surface area contributed by atoms with Gasteiger partial charge in [-0.1, -0.05) is 6.92 Å². The molecule has 4 bridgehead atoms. The van der Waals surface area contributed by atoms with Gasteiger partial charge in [-0.2, -0.15) is 0 Å². The molecule has 0 aliphatic heterocycles. The lowest BCUT2D eigenvalue weighted by atomic mass is 9.53. The van der Waals surface area contributed by atoms with Gasteiger partial charge in [-0.15, -0.1) is 0 Å². The number of rotatable bonds is 3. The molecule has 1 amide bonds. The van der Waals surface area contributed by atoms with Crippen molar-refractivity contribution in [3.05, 3.63) is 0 Å². The summed E-state index contributed by atoms with van der Waals surface area (Å²) in [7, 11) is 0. The standard InChI is InChI=1S/C14H23NO/c1-2-3-13(16)15-14-7-10-4-11(8-14)6-12(5-10)9-14/h10-12H,2-9H2,1H3,(H,15,16). The molecule has 90 valence electrons. The molecule has 4 aliphatic carbocycles. The van der Waals surface area contributed by atoms with Crippen LogP contribution in [0, 0.1) is 17.8 Å². The molecule has 0 atom stereocenters. The van der Waals surface area contributed by atoms with Crippen molar-refractivity contribution in [2.24, 2.45) is 17.8 Å². The third-order valence-corrected chi connectivity index (χ3v) is 4.92. The van der Waals surface area contributed by atoms with Gasteiger partial charge in [0.2, 0.25) is 5.91 Å². The molecule has 0 spiro atoms. The van der Waals surface area contributed by atoms with Crippen LogP contribution >= 0.6 is 0 Å². The van der Waals surface area contributed by atoms with Crippen LogP contribution in [0.5, 0.6) is 0 Å². The summed E-state index contributed by atoms with van der Waals surface area (Å²) in [6.07, 6.45) is 9.84. The number of amides is 1. The van der Waals surface area contributed by atoms with E-state index in [1.807, 2.05) is 0 Å². The second-order valence-corrected chi connectivity index (χ2v) is 6.50. The van der Waals surface area contributed by atoms with Crippen molar-refractivity contribution in [1.29, 1.82) is 0 Å². The van der Waals surface area contributed by atoms with Gasteiger partial charge in [-0.3, -0.25) is 4.79 Å². The van der Waals surface area contributed by atoms with E-state index in [0.29, 0.717) is 12.3 Å². The highest BCUT2D eigenvalue weighted by Gasteiger charge is 2.51. The molecule has 4 saturated carbocycles. The zero-order valence-electron chi connectivity index (χ0n) is 10.3. The van der Waals surface area contributed by atoms with Crippen LogP contribution in [0.4, 0.5) is 0 Å². The second-order valence-electron chi connectivity index (χ2n) is 6.50. The van der Waals surface area contributed by atoms with Gasteiger partial charge in [0.25, 0.3) is 0 Å². The van der Waals surface area contributed by atoms with Crippen molar-refractivity contribution < 1.29 is 4.79 Å². The van der Waals surface area contributed by atoms with Gasteiger partial charge in [-0.25, -0.2) is 0 Å². The Bertz CT molecular complexity index is 262. The monoisotopic (exact) mass is 221 g/mol. The normalized spacial score (nSPS) is 44.7. The minimum atomic E-state index is 0.223. The van der Waals surface area contributed by atoms with E-state index in [9.17, 15) is 4.79 Å². The van der Waals surface area contributed by atoms with E-state index in [1.165, 1.54) is 38.5 Å². The van der Waals surface area contributed by atoms with Crippen LogP contribution in [0.15, 0.2) is 0 Å². The zero-order chi connectivity index (χ0) is 11.2. The Morgan fingerprint density at radius 1 is 1.12 bits per heavy atom. The Kier molecular flexibility index (Phi) is 2.49. The van der Waals surface area contributed by atoms with Crippen molar-refractivity contribution in [3.63, 3.8) is 0 Å². The molecule has 4 fully saturated rings. The van der Waals surface area contributed by atoms with E-state index in [1.54, 1.807) is 0 Å². The van der Waals surface area contributed by atoms with Crippen LogP contribution in [0.3, 0.4) is 0 Å². The molecule has 4 aliphatic rings. The first-order chi connectivity index (χ1) is 7.69. The molecule has 16 heavy (non-hydrogen) atoms. The molecule has 0 aromatic rings. The van der Waals surface area contributed by atoms with Crippen molar-refractivity contribution in [2.75, 3.05) is 0 Å². The maximum Gasteiger partial charge on any atom is 0.220 e. The van der Waals surface area contributed by atoms with Gasteiger partial charge in [0.05, 0.1) is 0 Å². The Labute approximate surface area is 98.2 Å². The van der Waals surface area contributed by atoms with Gasteiger partial charge in [0.1, 0.15) is 0 Å². The summed E-state index contributed by atoms with van der Waals surface area (Å²) in [5, 5.41) is 3.39. The third-order valence-electron chi connectivity index (χ3n) is 4.92. The summed E-state index contributed by atoms with van der Waals surface area (Å²) in [4.78, 5) is 11.8. The van der Waals surface area contributed by atoms with Gasteiger partial charge in [0.15, 0.2) is 0 Å². The number of carbonyl (C=O) groups is 1. The summed E-state index contributed by atoms with van der Waals surface area (Å²) in [6.45, 7) is 2.08. The van der Waals surface area contributed by atoms with Gasteiger partial charge >= 0.3 is 0 Å². The fourth-order valence-corrected chi connectivity index (χ4v) is 4.85. The van der Waals surface area contributed by atoms with Crippen LogP contribution in [0.25, 0.3) is 0 Å². The molecule has 0 aromatic carbocycles. The maximum absolute atomic E-state index is 11.8. The fourth-order valence-electron chi connectivity index (χ4n) is 4.85. The SMILES string of the molecule is CCCC(=O)NC12CC3CC(CC(C3)C1)C2. The molecule has 2 heteroatoms. The van der Waals surface area contributed by atoms with E-state index >= 15 is 0 Å². The number of nitrogens with one attached hydrogen (secondary N) is 1. The average Bonchev–Trinajstić information content (AvgIpc) is 2.13. The summed E-state index contributed by atoms with van der Waals surface area (Å²) in [6, 6.07) is 0. The molecule has 1 N–H and O–H groups in total. The van der Waals surface area contributed by atoms with Crippen LogP contribution in [-0.4, -0.2) is 11.4 Å². The maximum atomic E-state index is 11.8. The highest BCUT2D eigenvalue weighted by Crippen LogP contribution is 2.55. The predicted octanol–water partition coefficient (Wildman–Crippen LogP) is 2.87. The van der Waals surface area contributed by atoms with Gasteiger partial charge in [-0.05, 0) is 62.7 Å². The van der Waals surface area contributed by atoms with Crippen molar-refractivity contribution in [3.8, 4) is 0 Å². The number of hydrogen-bond acceptors (Lipinski definition) is 1. The first-order valence-corrected chi connectivity index (χ1v) is 7.00. The Morgan fingerprint density at radius 2 is 1.62 bits per heavy atom. The smallest absolute Gasteiger partial charge is 0.220 e. The number of hydrogen-bond donors (Lipinski definition) is 1. The molecule has 0 heterocycles. The fraction of sp³-hybridized carbons (Fsp3) is 0.929. The highest BCUT2D eigenvalue weighted by molar-refractivity contribution is 5.76. The third kappa shape index (κ3) is 1.76. The first kappa shape index (κ1) is 10.6. The van der Waals surface area contributed by atoms with Gasteiger partial charge in [0, 0.05) is 12.0 Å². The van der Waals surface area contributed by atoms with Crippen molar-refractivity contribution in [1.82, 2.24) is 5.32 Å². The van der Waals surface area contributed by atoms with E-state index < -0.39 is 0 Å². The highest BCUT2D eigenvalue weighted by atomic mass is 16.1. The lowest BCUT2D eigenvalue weighted by Gasteiger charge is -2.56. The Balaban J connectivity index is 1.71. The molecule has 4 rings (SSSR count). The largest absolute Gasteiger partial charge is 0.351 e. The minimum Gasteiger partial charge on any atom is -0.351 e. The summed E-state index contributed by atoms with van der Waals surface area (Å²) in [5.74, 6) is 3.07. The van der Waals surface area contributed by atoms with E-state index in [4.69, 9.17) is 0 Å². The Morgan fingerprint density at radius 3 is 2.06 bits per heavy atom. The van der Waals surface area contributed by atoms with E-state index in [0.717, 1.165) is 24.2 Å². The second kappa shape index (κ2) is 3.75. The van der Waals surface area contributed by atoms with Gasteiger partial charge < -0.3 is 5.32 Å². The quantitative estimate of drug-likeness (QED) is 0.780. The molecule has 2 nitrogen and oxygen atoms in total. The van der Waals surface area contributed by atoms with Crippen LogP contribution in [-0.2, 0) is 4.79 Å². The topological polar surface area (TPSA) is 29.1 Å². The summed E-state index contributed by atoms with van der Waals surface area (Å²) in [5.41, 5.74) is 0.223. The van der Waals surface area contributed by atoms with Crippen LogP contribution < -0.4 is 5.32 Å². The molecule has 0 radical (unpaired) electrons. The lowest BCUT2D eigenvalue weighted by Crippen LogP contribution is -2.59. The van der Waals surface area contributed by atoms with E-state index in [2.05, 4.69) is 12.2 Å². The number of carbonyl (C=O) groups excluding carboxylic acids is 1. The minimum absolute atomic E-state index is 0.223. The molecule has 0 aromatic heterocycles. The molecule has 0 unspecified atom stereocenters. The summed E-state index contributed by atoms with van der Waals surface area (Å²) < 4.78 is 0.